The van der Waals surface area contributed by atoms with Gasteiger partial charge in [-0.25, -0.2) is 0 Å². The summed E-state index contributed by atoms with van der Waals surface area (Å²) in [5, 5.41) is 11.2. The van der Waals surface area contributed by atoms with Crippen molar-refractivity contribution in [3.8, 4) is 0 Å². The van der Waals surface area contributed by atoms with E-state index in [-0.39, 0.29) is 34.6 Å². The van der Waals surface area contributed by atoms with Crippen LogP contribution in [0.5, 0.6) is 0 Å². The average Bonchev–Trinajstić information content (AvgIpc) is 2.84. The zero-order valence-electron chi connectivity index (χ0n) is 15.2. The van der Waals surface area contributed by atoms with Gasteiger partial charge in [0, 0.05) is 12.3 Å². The molecule has 3 saturated carbocycles. The van der Waals surface area contributed by atoms with Crippen LogP contribution < -0.4 is 0 Å². The van der Waals surface area contributed by atoms with Crippen molar-refractivity contribution in [3.63, 3.8) is 0 Å². The molecular formula is C21H30O3. The molecule has 0 heterocycles. The summed E-state index contributed by atoms with van der Waals surface area (Å²) < 4.78 is 0. The van der Waals surface area contributed by atoms with Crippen LogP contribution in [0.3, 0.4) is 0 Å². The second-order valence-electron chi connectivity index (χ2n) is 9.41. The van der Waals surface area contributed by atoms with Crippen LogP contribution in [0.15, 0.2) is 11.6 Å². The highest BCUT2D eigenvalue weighted by molar-refractivity contribution is 5.91. The number of fused-ring (bicyclic) bond motifs is 5. The van der Waals surface area contributed by atoms with E-state index < -0.39 is 0 Å². The molecule has 0 aromatic heterocycles. The van der Waals surface area contributed by atoms with Gasteiger partial charge in [-0.1, -0.05) is 19.4 Å². The van der Waals surface area contributed by atoms with E-state index in [0.717, 1.165) is 38.5 Å². The van der Waals surface area contributed by atoms with Crippen LogP contribution >= 0.6 is 0 Å². The van der Waals surface area contributed by atoms with Gasteiger partial charge in [-0.15, -0.1) is 0 Å². The average molecular weight is 330 g/mol. The molecule has 3 nitrogen and oxygen atoms in total. The molecule has 0 amide bonds. The molecule has 4 aliphatic rings. The van der Waals surface area contributed by atoms with Gasteiger partial charge in [0.2, 0.25) is 0 Å². The lowest BCUT2D eigenvalue weighted by molar-refractivity contribution is -0.143. The predicted octanol–water partition coefficient (Wildman–Crippen LogP) is 3.69. The summed E-state index contributed by atoms with van der Waals surface area (Å²) in [5.41, 5.74) is 1.23. The number of allylic oxidation sites excluding steroid dienone is 1. The molecular weight excluding hydrogens is 300 g/mol. The highest BCUT2D eigenvalue weighted by Gasteiger charge is 2.62. The van der Waals surface area contributed by atoms with Gasteiger partial charge in [0.1, 0.15) is 5.78 Å². The quantitative estimate of drug-likeness (QED) is 0.797. The van der Waals surface area contributed by atoms with E-state index in [2.05, 4.69) is 13.8 Å². The number of aliphatic hydroxyl groups is 1. The Morgan fingerprint density at radius 3 is 2.67 bits per heavy atom. The Balaban J connectivity index is 1.72. The molecule has 0 saturated heterocycles. The summed E-state index contributed by atoms with van der Waals surface area (Å²) in [6.45, 7) is 6.27. The van der Waals surface area contributed by atoms with Gasteiger partial charge in [0.25, 0.3) is 0 Å². The number of aliphatic hydroxyl groups excluding tert-OH is 1. The molecule has 1 N–H and O–H groups in total. The van der Waals surface area contributed by atoms with Gasteiger partial charge in [0.15, 0.2) is 5.78 Å². The first-order valence-electron chi connectivity index (χ1n) is 9.70. The lowest BCUT2D eigenvalue weighted by atomic mass is 9.46. The molecule has 7 atom stereocenters. The van der Waals surface area contributed by atoms with Crippen molar-refractivity contribution in [2.75, 3.05) is 0 Å². The lowest BCUT2D eigenvalue weighted by Crippen LogP contribution is -2.56. The minimum atomic E-state index is -0.349. The normalized spacial score (nSPS) is 50.6. The van der Waals surface area contributed by atoms with Crippen molar-refractivity contribution in [2.24, 2.45) is 34.5 Å². The summed E-state index contributed by atoms with van der Waals surface area (Å²) in [6, 6.07) is 0. The van der Waals surface area contributed by atoms with Crippen molar-refractivity contribution in [3.05, 3.63) is 11.6 Å². The maximum Gasteiger partial charge on any atom is 0.155 e. The summed E-state index contributed by atoms with van der Waals surface area (Å²) in [6.07, 6.45) is 7.97. The maximum atomic E-state index is 12.2. The topological polar surface area (TPSA) is 54.4 Å². The Kier molecular flexibility index (Phi) is 3.62. The Hall–Kier alpha value is -0.960. The molecule has 0 aliphatic heterocycles. The Morgan fingerprint density at radius 2 is 1.96 bits per heavy atom. The van der Waals surface area contributed by atoms with Crippen LogP contribution in [0, 0.1) is 34.5 Å². The van der Waals surface area contributed by atoms with E-state index >= 15 is 0 Å². The number of rotatable bonds is 1. The third kappa shape index (κ3) is 2.06. The minimum absolute atomic E-state index is 0.0219. The first kappa shape index (κ1) is 16.5. The van der Waals surface area contributed by atoms with Crippen molar-refractivity contribution in [1.29, 1.82) is 0 Å². The fourth-order valence-corrected chi connectivity index (χ4v) is 7.35. The molecule has 0 aromatic rings. The van der Waals surface area contributed by atoms with E-state index in [4.69, 9.17) is 0 Å². The van der Waals surface area contributed by atoms with Crippen molar-refractivity contribution in [1.82, 2.24) is 0 Å². The fraction of sp³-hybridized carbons (Fsp3) is 0.810. The summed E-state index contributed by atoms with van der Waals surface area (Å²) in [4.78, 5) is 24.0. The second kappa shape index (κ2) is 5.27. The number of hydrogen-bond acceptors (Lipinski definition) is 3. The third-order valence-corrected chi connectivity index (χ3v) is 8.38. The van der Waals surface area contributed by atoms with E-state index in [9.17, 15) is 14.7 Å². The largest absolute Gasteiger partial charge is 0.393 e. The fourth-order valence-electron chi connectivity index (χ4n) is 7.35. The zero-order valence-corrected chi connectivity index (χ0v) is 15.2. The van der Waals surface area contributed by atoms with Gasteiger partial charge < -0.3 is 5.11 Å². The lowest BCUT2D eigenvalue weighted by Gasteiger charge is -2.59. The van der Waals surface area contributed by atoms with Gasteiger partial charge >= 0.3 is 0 Å². The Bertz CT molecular complexity index is 621. The van der Waals surface area contributed by atoms with Crippen LogP contribution in [0.25, 0.3) is 0 Å². The van der Waals surface area contributed by atoms with Crippen molar-refractivity contribution in [2.45, 2.75) is 71.8 Å². The third-order valence-electron chi connectivity index (χ3n) is 8.38. The first-order chi connectivity index (χ1) is 11.3. The summed E-state index contributed by atoms with van der Waals surface area (Å²) in [5.74, 6) is 1.99. The van der Waals surface area contributed by atoms with Crippen LogP contribution in [0.1, 0.15) is 65.7 Å². The summed E-state index contributed by atoms with van der Waals surface area (Å²) in [7, 11) is 0. The van der Waals surface area contributed by atoms with Gasteiger partial charge in [-0.3, -0.25) is 9.59 Å². The van der Waals surface area contributed by atoms with Crippen molar-refractivity contribution >= 4 is 11.6 Å². The zero-order chi connectivity index (χ0) is 17.3. The standard InChI is InChI=1S/C21H30O3/c1-12(22)16-6-7-17-15-5-4-13-10-14(23)8-9-20(13,2)19(15)18(24)11-21(16,17)3/h10,15-19,24H,4-9,11H2,1-3H3/t15-,16+,17-,18-,19-,20+,21+/m0/s1. The molecule has 0 spiro atoms. The van der Waals surface area contributed by atoms with Gasteiger partial charge in [-0.2, -0.15) is 0 Å². The van der Waals surface area contributed by atoms with E-state index in [1.54, 1.807) is 6.92 Å². The smallest absolute Gasteiger partial charge is 0.155 e. The molecule has 0 unspecified atom stereocenters. The molecule has 3 fully saturated rings. The Morgan fingerprint density at radius 1 is 1.21 bits per heavy atom. The monoisotopic (exact) mass is 330 g/mol. The highest BCUT2D eigenvalue weighted by Crippen LogP contribution is 2.66. The number of carbonyl (C=O) groups is 2. The predicted molar refractivity (Wildman–Crippen MR) is 92.3 cm³/mol. The molecule has 0 bridgehead atoms. The number of hydrogen-bond donors (Lipinski definition) is 1. The molecule has 0 aromatic carbocycles. The molecule has 132 valence electrons. The summed E-state index contributed by atoms with van der Waals surface area (Å²) >= 11 is 0. The van der Waals surface area contributed by atoms with E-state index in [0.29, 0.717) is 24.0 Å². The van der Waals surface area contributed by atoms with Crippen LogP contribution in [-0.2, 0) is 9.59 Å². The van der Waals surface area contributed by atoms with Gasteiger partial charge in [0.05, 0.1) is 6.10 Å². The molecule has 0 radical (unpaired) electrons. The highest BCUT2D eigenvalue weighted by atomic mass is 16.3. The van der Waals surface area contributed by atoms with Crippen LogP contribution in [0.2, 0.25) is 0 Å². The molecule has 4 rings (SSSR count). The number of ketones is 2. The number of carbonyl (C=O) groups excluding carboxylic acids is 2. The molecule has 3 heteroatoms. The molecule has 24 heavy (non-hydrogen) atoms. The second-order valence-corrected chi connectivity index (χ2v) is 9.41. The van der Waals surface area contributed by atoms with E-state index in [1.807, 2.05) is 6.08 Å². The number of Topliss-reactive ketones (excluding diaryl/α,β-unsaturated/α-hetero) is 1. The Labute approximate surface area is 144 Å². The van der Waals surface area contributed by atoms with Crippen LogP contribution in [-0.4, -0.2) is 22.8 Å². The SMILES string of the molecule is CC(=O)[C@H]1CC[C@H]2[C@@H]3CCC4=CC(=O)CC[C@@]4(C)[C@@H]3[C@@H](O)C[C@]12C. The maximum absolute atomic E-state index is 12.2. The minimum Gasteiger partial charge on any atom is -0.393 e. The molecule has 4 aliphatic carbocycles. The van der Waals surface area contributed by atoms with Crippen molar-refractivity contribution < 1.29 is 14.7 Å². The van der Waals surface area contributed by atoms with Gasteiger partial charge in [-0.05, 0) is 80.1 Å². The van der Waals surface area contributed by atoms with Crippen LogP contribution in [0.4, 0.5) is 0 Å². The van der Waals surface area contributed by atoms with E-state index in [1.165, 1.54) is 5.57 Å². The first-order valence-corrected chi connectivity index (χ1v) is 9.70.